The number of carbonyl (C=O) groups excluding carboxylic acids is 2. The van der Waals surface area contributed by atoms with E-state index >= 15 is 0 Å². The molecule has 0 fully saturated rings. The van der Waals surface area contributed by atoms with Crippen molar-refractivity contribution in [3.8, 4) is 11.3 Å². The Bertz CT molecular complexity index is 1320. The number of amides is 1. The highest BCUT2D eigenvalue weighted by molar-refractivity contribution is 6.07. The highest BCUT2D eigenvalue weighted by Crippen LogP contribution is 2.28. The lowest BCUT2D eigenvalue weighted by Gasteiger charge is -2.26. The topological polar surface area (TPSA) is 77.3 Å². The van der Waals surface area contributed by atoms with Crippen molar-refractivity contribution in [2.75, 3.05) is 13.7 Å². The van der Waals surface area contributed by atoms with Crippen LogP contribution in [0, 0.1) is 12.8 Å². The van der Waals surface area contributed by atoms with Gasteiger partial charge in [-0.2, -0.15) is 5.10 Å². The highest BCUT2D eigenvalue weighted by Gasteiger charge is 2.26. The molecule has 1 amide bonds. The maximum atomic E-state index is 14.1. The van der Waals surface area contributed by atoms with Crippen molar-refractivity contribution in [3.63, 3.8) is 0 Å². The summed E-state index contributed by atoms with van der Waals surface area (Å²) in [4.78, 5) is 32.8. The third-order valence-electron chi connectivity index (χ3n) is 5.87. The van der Waals surface area contributed by atoms with E-state index in [4.69, 9.17) is 9.72 Å². The van der Waals surface area contributed by atoms with Crippen LogP contribution >= 0.6 is 0 Å². The molecule has 0 aliphatic heterocycles. The Morgan fingerprint density at radius 3 is 2.35 bits per heavy atom. The van der Waals surface area contributed by atoms with E-state index in [1.807, 2.05) is 80.7 Å². The minimum atomic E-state index is -0.474. The van der Waals surface area contributed by atoms with Crippen molar-refractivity contribution < 1.29 is 14.3 Å². The second kappa shape index (κ2) is 9.87. The first-order valence-corrected chi connectivity index (χ1v) is 11.2. The number of esters is 1. The van der Waals surface area contributed by atoms with E-state index < -0.39 is 5.92 Å². The van der Waals surface area contributed by atoms with E-state index in [0.29, 0.717) is 23.4 Å². The number of fused-ring (bicyclic) bond motifs is 1. The van der Waals surface area contributed by atoms with Crippen molar-refractivity contribution in [3.05, 3.63) is 83.6 Å². The molecule has 0 aliphatic carbocycles. The third-order valence-corrected chi connectivity index (χ3v) is 5.87. The van der Waals surface area contributed by atoms with Gasteiger partial charge in [-0.1, -0.05) is 67.6 Å². The van der Waals surface area contributed by atoms with E-state index in [1.165, 1.54) is 7.11 Å². The van der Waals surface area contributed by atoms with Gasteiger partial charge in [-0.05, 0) is 18.6 Å². The summed E-state index contributed by atoms with van der Waals surface area (Å²) < 4.78 is 6.62. The van der Waals surface area contributed by atoms with Crippen LogP contribution in [-0.2, 0) is 23.1 Å². The summed E-state index contributed by atoms with van der Waals surface area (Å²) in [6, 6.07) is 21.3. The Kier molecular flexibility index (Phi) is 6.72. The Balaban J connectivity index is 1.83. The van der Waals surface area contributed by atoms with Crippen LogP contribution in [0.1, 0.15) is 28.5 Å². The molecule has 0 N–H and O–H groups in total. The molecule has 0 aliphatic rings. The van der Waals surface area contributed by atoms with E-state index in [-0.39, 0.29) is 18.4 Å². The molecule has 2 aromatic carbocycles. The monoisotopic (exact) mass is 456 g/mol. The molecule has 174 valence electrons. The lowest BCUT2D eigenvalue weighted by Crippen LogP contribution is -2.37. The normalized spacial score (nSPS) is 11.9. The number of aryl methyl sites for hydroxylation is 2. The van der Waals surface area contributed by atoms with Gasteiger partial charge in [0.1, 0.15) is 0 Å². The first kappa shape index (κ1) is 23.2. The SMILES string of the molecule is COC(=O)C(C)CN(Cc1ccccc1)C(=O)c1cc(-c2ccccc2)nc2c1c(C)nn2C. The number of hydrogen-bond acceptors (Lipinski definition) is 5. The Morgan fingerprint density at radius 1 is 1.06 bits per heavy atom. The molecular formula is C27H28N4O3. The number of hydrogen-bond donors (Lipinski definition) is 0. The molecule has 4 aromatic rings. The van der Waals surface area contributed by atoms with Gasteiger partial charge < -0.3 is 9.64 Å². The predicted octanol–water partition coefficient (Wildman–Crippen LogP) is 4.40. The van der Waals surface area contributed by atoms with Crippen LogP contribution in [0.4, 0.5) is 0 Å². The number of methoxy groups -OCH3 is 1. The number of aromatic nitrogens is 3. The molecule has 0 saturated carbocycles. The zero-order chi connectivity index (χ0) is 24.2. The van der Waals surface area contributed by atoms with Gasteiger partial charge in [0.25, 0.3) is 5.91 Å². The maximum Gasteiger partial charge on any atom is 0.310 e. The second-order valence-corrected chi connectivity index (χ2v) is 8.42. The van der Waals surface area contributed by atoms with E-state index in [9.17, 15) is 9.59 Å². The molecule has 4 rings (SSSR count). The minimum Gasteiger partial charge on any atom is -0.469 e. The number of carbonyl (C=O) groups is 2. The number of rotatable bonds is 7. The Labute approximate surface area is 199 Å². The van der Waals surface area contributed by atoms with Crippen LogP contribution < -0.4 is 0 Å². The number of ether oxygens (including phenoxy) is 1. The minimum absolute atomic E-state index is 0.180. The molecule has 0 spiro atoms. The van der Waals surface area contributed by atoms with Gasteiger partial charge in [0.05, 0.1) is 35.4 Å². The average molecular weight is 457 g/mol. The van der Waals surface area contributed by atoms with Crippen molar-refractivity contribution in [2.24, 2.45) is 13.0 Å². The van der Waals surface area contributed by atoms with E-state index in [2.05, 4.69) is 5.10 Å². The van der Waals surface area contributed by atoms with Crippen LogP contribution in [0.2, 0.25) is 0 Å². The van der Waals surface area contributed by atoms with Crippen molar-refractivity contribution >= 4 is 22.9 Å². The van der Waals surface area contributed by atoms with Crippen molar-refractivity contribution in [1.29, 1.82) is 0 Å². The van der Waals surface area contributed by atoms with Gasteiger partial charge in [-0.25, -0.2) is 4.98 Å². The molecule has 1 unspecified atom stereocenters. The van der Waals surface area contributed by atoms with Gasteiger partial charge in [0.15, 0.2) is 5.65 Å². The summed E-state index contributed by atoms with van der Waals surface area (Å²) in [6.45, 7) is 4.24. The number of nitrogens with zero attached hydrogens (tertiary/aromatic N) is 4. The van der Waals surface area contributed by atoms with Crippen LogP contribution in [0.15, 0.2) is 66.7 Å². The molecule has 2 aromatic heterocycles. The zero-order valence-corrected chi connectivity index (χ0v) is 19.9. The summed E-state index contributed by atoms with van der Waals surface area (Å²) in [7, 11) is 3.19. The van der Waals surface area contributed by atoms with E-state index in [0.717, 1.165) is 22.2 Å². The lowest BCUT2D eigenvalue weighted by atomic mass is 10.0. The first-order valence-electron chi connectivity index (χ1n) is 11.2. The van der Waals surface area contributed by atoms with Gasteiger partial charge in [0, 0.05) is 25.7 Å². The predicted molar refractivity (Wildman–Crippen MR) is 131 cm³/mol. The first-order chi connectivity index (χ1) is 16.4. The third kappa shape index (κ3) is 4.69. The molecule has 2 heterocycles. The van der Waals surface area contributed by atoms with Crippen LogP contribution in [-0.4, -0.2) is 45.2 Å². The molecular weight excluding hydrogens is 428 g/mol. The van der Waals surface area contributed by atoms with Gasteiger partial charge in [-0.3, -0.25) is 14.3 Å². The van der Waals surface area contributed by atoms with Gasteiger partial charge in [-0.15, -0.1) is 0 Å². The number of benzene rings is 2. The average Bonchev–Trinajstić information content (AvgIpc) is 3.16. The summed E-state index contributed by atoms with van der Waals surface area (Å²) >= 11 is 0. The second-order valence-electron chi connectivity index (χ2n) is 8.42. The molecule has 7 nitrogen and oxygen atoms in total. The van der Waals surface area contributed by atoms with Crippen LogP contribution in [0.5, 0.6) is 0 Å². The summed E-state index contributed by atoms with van der Waals surface area (Å²) in [5.74, 6) is -1.01. The largest absolute Gasteiger partial charge is 0.469 e. The quantitative estimate of drug-likeness (QED) is 0.385. The zero-order valence-electron chi connectivity index (χ0n) is 19.9. The summed E-state index contributed by atoms with van der Waals surface area (Å²) in [6.07, 6.45) is 0. The molecule has 0 saturated heterocycles. The molecule has 7 heteroatoms. The van der Waals surface area contributed by atoms with Gasteiger partial charge >= 0.3 is 5.97 Å². The fourth-order valence-electron chi connectivity index (χ4n) is 4.17. The fourth-order valence-corrected chi connectivity index (χ4v) is 4.17. The summed E-state index contributed by atoms with van der Waals surface area (Å²) in [5.41, 5.74) is 4.47. The number of pyridine rings is 1. The molecule has 1 atom stereocenters. The van der Waals surface area contributed by atoms with Crippen LogP contribution in [0.3, 0.4) is 0 Å². The molecule has 0 bridgehead atoms. The lowest BCUT2D eigenvalue weighted by molar-refractivity contribution is -0.145. The summed E-state index contributed by atoms with van der Waals surface area (Å²) in [5, 5.41) is 5.24. The molecule has 0 radical (unpaired) electrons. The van der Waals surface area contributed by atoms with Crippen molar-refractivity contribution in [1.82, 2.24) is 19.7 Å². The Hall–Kier alpha value is -4.00. The highest BCUT2D eigenvalue weighted by atomic mass is 16.5. The smallest absolute Gasteiger partial charge is 0.310 e. The van der Waals surface area contributed by atoms with Crippen LogP contribution in [0.25, 0.3) is 22.3 Å². The van der Waals surface area contributed by atoms with Gasteiger partial charge in [0.2, 0.25) is 0 Å². The fraction of sp³-hybridized carbons (Fsp3) is 0.259. The standard InChI is InChI=1S/C27H28N4O3/c1-18(27(33)34-4)16-31(17-20-11-7-5-8-12-20)26(32)22-15-23(21-13-9-6-10-14-21)28-25-24(22)19(2)29-30(25)3/h5-15,18H,16-17H2,1-4H3. The van der Waals surface area contributed by atoms with E-state index in [1.54, 1.807) is 16.5 Å². The Morgan fingerprint density at radius 2 is 1.71 bits per heavy atom. The maximum absolute atomic E-state index is 14.1. The van der Waals surface area contributed by atoms with Crippen molar-refractivity contribution in [2.45, 2.75) is 20.4 Å². The molecule has 34 heavy (non-hydrogen) atoms.